The molecule has 4 rings (SSSR count). The maximum Gasteiger partial charge on any atom is 0.137 e. The first kappa shape index (κ1) is 19.8. The van der Waals surface area contributed by atoms with E-state index < -0.39 is 12.8 Å². The fraction of sp³-hybridized carbons (Fsp3) is 0.217. The second kappa shape index (κ2) is 8.92. The molecule has 1 atom stereocenters. The van der Waals surface area contributed by atoms with E-state index in [0.29, 0.717) is 5.75 Å². The Morgan fingerprint density at radius 1 is 1.03 bits per heavy atom. The fourth-order valence-electron chi connectivity index (χ4n) is 3.12. The zero-order chi connectivity index (χ0) is 20.9. The van der Waals surface area contributed by atoms with Crippen LogP contribution >= 0.6 is 0 Å². The maximum absolute atomic E-state index is 12.4. The lowest BCUT2D eigenvalue weighted by atomic mass is 10.0. The molecule has 1 unspecified atom stereocenters. The Morgan fingerprint density at radius 3 is 2.50 bits per heavy atom. The molecule has 1 aromatic carbocycles. The van der Waals surface area contributed by atoms with Gasteiger partial charge in [0, 0.05) is 30.1 Å². The molecule has 0 amide bonds. The lowest BCUT2D eigenvalue weighted by Gasteiger charge is -2.09. The molecule has 0 aliphatic rings. The summed E-state index contributed by atoms with van der Waals surface area (Å²) in [4.78, 5) is 9.07. The summed E-state index contributed by atoms with van der Waals surface area (Å²) < 4.78 is 19.6. The number of pyridine rings is 2. The molecule has 7 heteroatoms. The van der Waals surface area contributed by atoms with Crippen LogP contribution in [0.2, 0.25) is 0 Å². The largest absolute Gasteiger partial charge is 0.489 e. The number of aliphatic hydroxyl groups excluding tert-OH is 1. The molecule has 0 radical (unpaired) electrons. The van der Waals surface area contributed by atoms with Crippen molar-refractivity contribution in [1.82, 2.24) is 14.4 Å². The van der Waals surface area contributed by atoms with Crippen LogP contribution in [0.15, 0.2) is 67.1 Å². The van der Waals surface area contributed by atoms with E-state index in [-0.39, 0.29) is 6.61 Å². The van der Waals surface area contributed by atoms with Crippen molar-refractivity contribution in [3.8, 4) is 28.1 Å². The van der Waals surface area contributed by atoms with Crippen LogP contribution in [-0.4, -0.2) is 45.4 Å². The van der Waals surface area contributed by atoms with Crippen molar-refractivity contribution in [2.24, 2.45) is 0 Å². The van der Waals surface area contributed by atoms with Crippen LogP contribution in [0.1, 0.15) is 6.92 Å². The number of anilines is 1. The topological polar surface area (TPSA) is 71.7 Å². The molecule has 4 aromatic rings. The SMILES string of the molecule is CCNc1ccc(-c2ccc(-c3cn4cc(OCC(O)CF)ccc4n3)cc2)cn1. The smallest absolute Gasteiger partial charge is 0.137 e. The number of aliphatic hydroxyl groups is 1. The van der Waals surface area contributed by atoms with Crippen molar-refractivity contribution in [2.75, 3.05) is 25.1 Å². The highest BCUT2D eigenvalue weighted by molar-refractivity contribution is 5.70. The summed E-state index contributed by atoms with van der Waals surface area (Å²) in [5.74, 6) is 1.41. The first-order valence-electron chi connectivity index (χ1n) is 9.82. The summed E-state index contributed by atoms with van der Waals surface area (Å²) in [7, 11) is 0. The van der Waals surface area contributed by atoms with Gasteiger partial charge in [0.15, 0.2) is 0 Å². The van der Waals surface area contributed by atoms with Gasteiger partial charge < -0.3 is 19.6 Å². The van der Waals surface area contributed by atoms with Crippen LogP contribution in [0, 0.1) is 0 Å². The molecule has 154 valence electrons. The molecule has 0 fully saturated rings. The number of nitrogens with one attached hydrogen (secondary N) is 1. The highest BCUT2D eigenvalue weighted by Gasteiger charge is 2.08. The minimum atomic E-state index is -1.12. The number of ether oxygens (including phenoxy) is 1. The van der Waals surface area contributed by atoms with Gasteiger partial charge in [0.25, 0.3) is 0 Å². The van der Waals surface area contributed by atoms with Gasteiger partial charge in [0.1, 0.15) is 36.6 Å². The number of hydrogen-bond donors (Lipinski definition) is 2. The number of nitrogens with zero attached hydrogens (tertiary/aromatic N) is 3. The fourth-order valence-corrected chi connectivity index (χ4v) is 3.12. The average Bonchev–Trinajstić information content (AvgIpc) is 3.22. The molecule has 0 spiro atoms. The van der Waals surface area contributed by atoms with Gasteiger partial charge in [-0.3, -0.25) is 0 Å². The van der Waals surface area contributed by atoms with Gasteiger partial charge in [-0.15, -0.1) is 0 Å². The highest BCUT2D eigenvalue weighted by atomic mass is 19.1. The van der Waals surface area contributed by atoms with E-state index in [9.17, 15) is 9.50 Å². The summed E-state index contributed by atoms with van der Waals surface area (Å²) >= 11 is 0. The minimum absolute atomic E-state index is 0.0879. The molecule has 0 bridgehead atoms. The molecule has 0 aliphatic heterocycles. The summed E-state index contributed by atoms with van der Waals surface area (Å²) in [6, 6.07) is 15.8. The van der Waals surface area contributed by atoms with Gasteiger partial charge >= 0.3 is 0 Å². The van der Waals surface area contributed by atoms with Crippen LogP contribution in [0.5, 0.6) is 5.75 Å². The summed E-state index contributed by atoms with van der Waals surface area (Å²) in [6.07, 6.45) is 4.42. The van der Waals surface area contributed by atoms with Crippen molar-refractivity contribution in [3.05, 3.63) is 67.1 Å². The number of fused-ring (bicyclic) bond motifs is 1. The van der Waals surface area contributed by atoms with Gasteiger partial charge in [-0.25, -0.2) is 14.4 Å². The Bertz CT molecular complexity index is 1110. The molecule has 30 heavy (non-hydrogen) atoms. The molecule has 2 N–H and O–H groups in total. The van der Waals surface area contributed by atoms with Crippen LogP contribution < -0.4 is 10.1 Å². The third-order valence-electron chi connectivity index (χ3n) is 4.68. The van der Waals surface area contributed by atoms with Gasteiger partial charge in [0.2, 0.25) is 0 Å². The first-order valence-corrected chi connectivity index (χ1v) is 9.82. The highest BCUT2D eigenvalue weighted by Crippen LogP contribution is 2.25. The lowest BCUT2D eigenvalue weighted by Crippen LogP contribution is -2.19. The van der Waals surface area contributed by atoms with E-state index in [1.54, 1.807) is 12.3 Å². The summed E-state index contributed by atoms with van der Waals surface area (Å²) in [6.45, 7) is 1.96. The maximum atomic E-state index is 12.4. The van der Waals surface area contributed by atoms with Crippen LogP contribution in [0.25, 0.3) is 28.0 Å². The molecule has 6 nitrogen and oxygen atoms in total. The monoisotopic (exact) mass is 406 g/mol. The second-order valence-electron chi connectivity index (χ2n) is 6.92. The summed E-state index contributed by atoms with van der Waals surface area (Å²) in [5, 5.41) is 12.5. The van der Waals surface area contributed by atoms with Crippen LogP contribution in [0.3, 0.4) is 0 Å². The van der Waals surface area contributed by atoms with Crippen LogP contribution in [-0.2, 0) is 0 Å². The molecule has 0 saturated heterocycles. The van der Waals surface area contributed by atoms with Crippen molar-refractivity contribution in [1.29, 1.82) is 0 Å². The van der Waals surface area contributed by atoms with E-state index in [1.807, 2.05) is 54.0 Å². The van der Waals surface area contributed by atoms with Crippen LogP contribution in [0.4, 0.5) is 10.2 Å². The Balaban J connectivity index is 1.52. The number of rotatable bonds is 8. The zero-order valence-corrected chi connectivity index (χ0v) is 16.6. The molecular weight excluding hydrogens is 383 g/mol. The Morgan fingerprint density at radius 2 is 1.80 bits per heavy atom. The van der Waals surface area contributed by atoms with Crippen molar-refractivity contribution in [2.45, 2.75) is 13.0 Å². The number of halogens is 1. The van der Waals surface area contributed by atoms with Gasteiger partial charge in [0.05, 0.1) is 11.9 Å². The third kappa shape index (κ3) is 4.41. The number of aromatic nitrogens is 3. The zero-order valence-electron chi connectivity index (χ0n) is 16.6. The van der Waals surface area contributed by atoms with Crippen molar-refractivity contribution in [3.63, 3.8) is 0 Å². The number of imidazole rings is 1. The van der Waals surface area contributed by atoms with E-state index in [0.717, 1.165) is 40.4 Å². The minimum Gasteiger partial charge on any atom is -0.489 e. The normalized spacial score (nSPS) is 12.1. The van der Waals surface area contributed by atoms with Crippen molar-refractivity contribution < 1.29 is 14.2 Å². The van der Waals surface area contributed by atoms with E-state index in [2.05, 4.69) is 27.4 Å². The third-order valence-corrected chi connectivity index (χ3v) is 4.68. The molecule has 3 heterocycles. The average molecular weight is 406 g/mol. The van der Waals surface area contributed by atoms with E-state index in [4.69, 9.17) is 4.74 Å². The predicted octanol–water partition coefficient (Wildman–Crippen LogP) is 4.20. The second-order valence-corrected chi connectivity index (χ2v) is 6.92. The number of hydrogen-bond acceptors (Lipinski definition) is 5. The standard InChI is InChI=1S/C23H23FN4O2/c1-2-25-22-9-7-18(12-26-22)16-3-5-17(6-4-16)21-14-28-13-20(8-10-23(28)27-21)30-15-19(29)11-24/h3-10,12-14,19,29H,2,11,15H2,1H3,(H,25,26). The van der Waals surface area contributed by atoms with Gasteiger partial charge in [-0.05, 0) is 36.8 Å². The summed E-state index contributed by atoms with van der Waals surface area (Å²) in [5.41, 5.74) is 4.74. The molecular formula is C23H23FN4O2. The Hall–Kier alpha value is -3.45. The quantitative estimate of drug-likeness (QED) is 0.459. The predicted molar refractivity (Wildman–Crippen MR) is 115 cm³/mol. The van der Waals surface area contributed by atoms with E-state index in [1.165, 1.54) is 0 Å². The lowest BCUT2D eigenvalue weighted by molar-refractivity contribution is 0.0840. The Labute approximate surface area is 174 Å². The number of benzene rings is 1. The first-order chi connectivity index (χ1) is 14.7. The van der Waals surface area contributed by atoms with E-state index >= 15 is 0 Å². The molecule has 0 aliphatic carbocycles. The van der Waals surface area contributed by atoms with Crippen molar-refractivity contribution >= 4 is 11.5 Å². The Kier molecular flexibility index (Phi) is 5.90. The van der Waals surface area contributed by atoms with Gasteiger partial charge in [-0.1, -0.05) is 24.3 Å². The molecule has 0 saturated carbocycles. The van der Waals surface area contributed by atoms with Gasteiger partial charge in [-0.2, -0.15) is 0 Å². The molecule has 3 aromatic heterocycles. The number of alkyl halides is 1.